The van der Waals surface area contributed by atoms with E-state index in [2.05, 4.69) is 48.3 Å². The van der Waals surface area contributed by atoms with Crippen molar-refractivity contribution in [1.29, 1.82) is 0 Å². The summed E-state index contributed by atoms with van der Waals surface area (Å²) in [6.07, 6.45) is 6.72. The van der Waals surface area contributed by atoms with Gasteiger partial charge in [0.15, 0.2) is 5.72 Å². The summed E-state index contributed by atoms with van der Waals surface area (Å²) in [6, 6.07) is 17.0. The molecule has 0 saturated heterocycles. The van der Waals surface area contributed by atoms with Gasteiger partial charge < -0.3 is 9.47 Å². The van der Waals surface area contributed by atoms with Crippen molar-refractivity contribution in [3.63, 3.8) is 0 Å². The molecule has 2 heterocycles. The van der Waals surface area contributed by atoms with Gasteiger partial charge in [-0.25, -0.2) is 5.01 Å². The minimum Gasteiger partial charge on any atom is -0.497 e. The maximum absolute atomic E-state index is 6.69. The lowest BCUT2D eigenvalue weighted by molar-refractivity contribution is -0.146. The molecular weight excluding hydrogens is 348 g/mol. The molecule has 3 aliphatic rings. The highest BCUT2D eigenvalue weighted by molar-refractivity contribution is 6.02. The summed E-state index contributed by atoms with van der Waals surface area (Å²) in [7, 11) is 1.70. The molecule has 2 aromatic carbocycles. The van der Waals surface area contributed by atoms with Gasteiger partial charge in [-0.3, -0.25) is 0 Å². The molecule has 4 nitrogen and oxygen atoms in total. The first-order valence-electron chi connectivity index (χ1n) is 10.5. The van der Waals surface area contributed by atoms with E-state index in [1.807, 2.05) is 12.1 Å². The molecule has 0 N–H and O–H groups in total. The second kappa shape index (κ2) is 6.84. The predicted molar refractivity (Wildman–Crippen MR) is 111 cm³/mol. The molecule has 2 aliphatic heterocycles. The number of hydrazone groups is 1. The highest BCUT2D eigenvalue weighted by atomic mass is 16.5. The van der Waals surface area contributed by atoms with E-state index >= 15 is 0 Å². The van der Waals surface area contributed by atoms with Crippen molar-refractivity contribution in [3.05, 3.63) is 59.7 Å². The molecule has 0 radical (unpaired) electrons. The average Bonchev–Trinajstić information content (AvgIpc) is 3.21. The topological polar surface area (TPSA) is 34.1 Å². The molecule has 4 heteroatoms. The van der Waals surface area contributed by atoms with Crippen LogP contribution in [0, 0.1) is 5.92 Å². The Morgan fingerprint density at radius 2 is 1.86 bits per heavy atom. The minimum atomic E-state index is -0.293. The number of ether oxygens (including phenoxy) is 2. The van der Waals surface area contributed by atoms with Gasteiger partial charge in [0.2, 0.25) is 0 Å². The van der Waals surface area contributed by atoms with Crippen LogP contribution in [0.5, 0.6) is 11.5 Å². The molecule has 1 saturated carbocycles. The Hall–Kier alpha value is -2.49. The molecule has 1 atom stereocenters. The van der Waals surface area contributed by atoms with Crippen LogP contribution in [0.15, 0.2) is 53.6 Å². The monoisotopic (exact) mass is 376 g/mol. The number of para-hydroxylation sites is 1. The molecular formula is C24H28N2O2. The summed E-state index contributed by atoms with van der Waals surface area (Å²) < 4.78 is 12.0. The number of benzene rings is 2. The van der Waals surface area contributed by atoms with Crippen LogP contribution >= 0.6 is 0 Å². The number of nitrogens with zero attached hydrogens (tertiary/aromatic N) is 2. The van der Waals surface area contributed by atoms with E-state index in [0.29, 0.717) is 0 Å². The first kappa shape index (κ1) is 17.6. The Morgan fingerprint density at radius 3 is 2.57 bits per heavy atom. The van der Waals surface area contributed by atoms with Gasteiger partial charge in [-0.1, -0.05) is 31.5 Å². The summed E-state index contributed by atoms with van der Waals surface area (Å²) in [5.74, 6) is 2.74. The van der Waals surface area contributed by atoms with Gasteiger partial charge >= 0.3 is 0 Å². The van der Waals surface area contributed by atoms with Crippen LogP contribution in [0.1, 0.15) is 62.6 Å². The number of hydrogen-bond donors (Lipinski definition) is 0. The standard InChI is InChI=1S/C24H28N2O2/c1-3-17-12-14-24(15-13-17)26-22(20-6-4-5-7-23(20)28-24)16-21(25-26)18-8-10-19(27-2)11-9-18/h4-11,17,22H,3,12-16H2,1-2H3. The quantitative estimate of drug-likeness (QED) is 0.706. The lowest BCUT2D eigenvalue weighted by Gasteiger charge is -2.50. The second-order valence-electron chi connectivity index (χ2n) is 8.28. The van der Waals surface area contributed by atoms with E-state index in [-0.39, 0.29) is 11.8 Å². The zero-order chi connectivity index (χ0) is 19.1. The third kappa shape index (κ3) is 2.78. The van der Waals surface area contributed by atoms with Crippen LogP contribution < -0.4 is 9.47 Å². The molecule has 1 fully saturated rings. The SMILES string of the molecule is CCC1CCC2(CC1)Oc1ccccc1C1CC(c3ccc(OC)cc3)=NN12. The number of methoxy groups -OCH3 is 1. The summed E-state index contributed by atoms with van der Waals surface area (Å²) in [5, 5.41) is 7.45. The fourth-order valence-electron chi connectivity index (χ4n) is 5.05. The fourth-order valence-corrected chi connectivity index (χ4v) is 5.05. The third-order valence-electron chi connectivity index (χ3n) is 6.79. The molecule has 2 aromatic rings. The highest BCUT2D eigenvalue weighted by Crippen LogP contribution is 2.52. The molecule has 1 unspecified atom stereocenters. The second-order valence-corrected chi connectivity index (χ2v) is 8.28. The normalized spacial score (nSPS) is 28.4. The Kier molecular flexibility index (Phi) is 4.30. The Morgan fingerprint density at radius 1 is 1.11 bits per heavy atom. The van der Waals surface area contributed by atoms with E-state index in [1.54, 1.807) is 7.11 Å². The zero-order valence-corrected chi connectivity index (χ0v) is 16.7. The molecule has 1 aliphatic carbocycles. The van der Waals surface area contributed by atoms with Gasteiger partial charge in [-0.05, 0) is 54.7 Å². The van der Waals surface area contributed by atoms with Crippen molar-refractivity contribution >= 4 is 5.71 Å². The van der Waals surface area contributed by atoms with Crippen molar-refractivity contribution in [2.24, 2.45) is 11.0 Å². The van der Waals surface area contributed by atoms with Crippen LogP contribution in [0.4, 0.5) is 0 Å². The van der Waals surface area contributed by atoms with Crippen molar-refractivity contribution in [1.82, 2.24) is 5.01 Å². The van der Waals surface area contributed by atoms with E-state index < -0.39 is 0 Å². The molecule has 146 valence electrons. The maximum atomic E-state index is 6.69. The van der Waals surface area contributed by atoms with Crippen LogP contribution in [0.2, 0.25) is 0 Å². The van der Waals surface area contributed by atoms with E-state index in [4.69, 9.17) is 14.6 Å². The summed E-state index contributed by atoms with van der Waals surface area (Å²) in [6.45, 7) is 2.30. The molecule has 28 heavy (non-hydrogen) atoms. The maximum Gasteiger partial charge on any atom is 0.198 e. The Bertz CT molecular complexity index is 882. The van der Waals surface area contributed by atoms with E-state index in [1.165, 1.54) is 30.4 Å². The van der Waals surface area contributed by atoms with Gasteiger partial charge in [0.1, 0.15) is 11.5 Å². The van der Waals surface area contributed by atoms with Gasteiger partial charge in [0, 0.05) is 24.8 Å². The summed E-state index contributed by atoms with van der Waals surface area (Å²) >= 11 is 0. The first-order chi connectivity index (χ1) is 13.7. The lowest BCUT2D eigenvalue weighted by atomic mass is 9.80. The van der Waals surface area contributed by atoms with Gasteiger partial charge in [-0.15, -0.1) is 0 Å². The van der Waals surface area contributed by atoms with Crippen molar-refractivity contribution in [3.8, 4) is 11.5 Å². The van der Waals surface area contributed by atoms with Crippen LogP contribution in [0.25, 0.3) is 0 Å². The molecule has 0 bridgehead atoms. The lowest BCUT2D eigenvalue weighted by Crippen LogP contribution is -2.55. The van der Waals surface area contributed by atoms with Gasteiger partial charge in [0.05, 0.1) is 18.9 Å². The van der Waals surface area contributed by atoms with E-state index in [0.717, 1.165) is 42.4 Å². The average molecular weight is 377 g/mol. The third-order valence-corrected chi connectivity index (χ3v) is 6.79. The van der Waals surface area contributed by atoms with E-state index in [9.17, 15) is 0 Å². The van der Waals surface area contributed by atoms with Crippen molar-refractivity contribution < 1.29 is 9.47 Å². The molecule has 0 aromatic heterocycles. The first-order valence-corrected chi connectivity index (χ1v) is 10.5. The molecule has 1 spiro atoms. The largest absolute Gasteiger partial charge is 0.497 e. The van der Waals surface area contributed by atoms with Crippen LogP contribution in [0.3, 0.4) is 0 Å². The molecule has 5 rings (SSSR count). The number of fused-ring (bicyclic) bond motifs is 4. The summed E-state index contributed by atoms with van der Waals surface area (Å²) in [5.41, 5.74) is 3.28. The summed E-state index contributed by atoms with van der Waals surface area (Å²) in [4.78, 5) is 0. The minimum absolute atomic E-state index is 0.264. The van der Waals surface area contributed by atoms with Gasteiger partial charge in [0.25, 0.3) is 0 Å². The Labute approximate surface area is 167 Å². The van der Waals surface area contributed by atoms with Crippen LogP contribution in [-0.4, -0.2) is 23.6 Å². The van der Waals surface area contributed by atoms with Crippen molar-refractivity contribution in [2.75, 3.05) is 7.11 Å². The smallest absolute Gasteiger partial charge is 0.198 e. The van der Waals surface area contributed by atoms with Gasteiger partial charge in [-0.2, -0.15) is 5.10 Å². The Balaban J connectivity index is 1.52. The number of rotatable bonds is 3. The van der Waals surface area contributed by atoms with Crippen LogP contribution in [-0.2, 0) is 0 Å². The fraction of sp³-hybridized carbons (Fsp3) is 0.458. The zero-order valence-electron chi connectivity index (χ0n) is 16.7. The predicted octanol–water partition coefficient (Wildman–Crippen LogP) is 5.54. The van der Waals surface area contributed by atoms with Crippen molar-refractivity contribution in [2.45, 2.75) is 57.2 Å². The molecule has 0 amide bonds. The number of hydrogen-bond acceptors (Lipinski definition) is 4. The highest BCUT2D eigenvalue weighted by Gasteiger charge is 2.51.